The van der Waals surface area contributed by atoms with Crippen LogP contribution in [0.3, 0.4) is 0 Å². The van der Waals surface area contributed by atoms with Gasteiger partial charge in [0.15, 0.2) is 0 Å². The number of hydrogen-bond donors (Lipinski definition) is 1. The predicted molar refractivity (Wildman–Crippen MR) is 74.9 cm³/mol. The molecule has 2 rings (SSSR count). The van der Waals surface area contributed by atoms with Gasteiger partial charge in [-0.15, -0.1) is 0 Å². The lowest BCUT2D eigenvalue weighted by atomic mass is 10.1. The maximum absolute atomic E-state index is 13.1. The summed E-state index contributed by atoms with van der Waals surface area (Å²) in [6.07, 6.45) is -4.40. The molecule has 6 heteroatoms. The third-order valence-electron chi connectivity index (χ3n) is 2.63. The number of rotatable bonds is 3. The van der Waals surface area contributed by atoms with Crippen LogP contribution in [-0.4, -0.2) is 0 Å². The Balaban J connectivity index is 2.38. The monoisotopic (exact) mass is 317 g/mol. The minimum absolute atomic E-state index is 0.0783. The van der Waals surface area contributed by atoms with Gasteiger partial charge < -0.3 is 5.73 Å². The van der Waals surface area contributed by atoms with Crippen LogP contribution in [0.5, 0.6) is 0 Å². The molecule has 0 unspecified atom stereocenters. The lowest BCUT2D eigenvalue weighted by Gasteiger charge is -2.14. The Morgan fingerprint density at radius 1 is 1.05 bits per heavy atom. The number of nitrogens with two attached hydrogens (primary N) is 1. The molecule has 2 N–H and O–H groups in total. The molecule has 2 aromatic rings. The smallest absolute Gasteiger partial charge is 0.326 e. The highest BCUT2D eigenvalue weighted by molar-refractivity contribution is 7.99. The van der Waals surface area contributed by atoms with E-state index in [0.717, 1.165) is 17.8 Å². The fourth-order valence-electron chi connectivity index (χ4n) is 1.64. The van der Waals surface area contributed by atoms with Crippen LogP contribution in [0.1, 0.15) is 11.1 Å². The van der Waals surface area contributed by atoms with Gasteiger partial charge in [0, 0.05) is 21.4 Å². The molecule has 0 saturated heterocycles. The predicted octanol–water partition coefficient (Wildman–Crippen LogP) is 4.97. The summed E-state index contributed by atoms with van der Waals surface area (Å²) in [5, 5.41) is 0.545. The van der Waals surface area contributed by atoms with Crippen molar-refractivity contribution in [2.75, 3.05) is 0 Å². The molecular formula is C14H11ClF3NS. The molecule has 0 aromatic heterocycles. The summed E-state index contributed by atoms with van der Waals surface area (Å²) < 4.78 is 39.2. The second kappa shape index (κ2) is 6.08. The highest BCUT2D eigenvalue weighted by Gasteiger charge is 2.33. The van der Waals surface area contributed by atoms with Crippen molar-refractivity contribution >= 4 is 23.4 Å². The first kappa shape index (κ1) is 15.2. The second-order valence-electron chi connectivity index (χ2n) is 4.09. The average molecular weight is 318 g/mol. The molecule has 0 fully saturated rings. The molecule has 0 heterocycles. The van der Waals surface area contributed by atoms with Crippen molar-refractivity contribution in [3.8, 4) is 0 Å². The summed E-state index contributed by atoms with van der Waals surface area (Å²) in [4.78, 5) is 0.845. The van der Waals surface area contributed by atoms with Gasteiger partial charge in [-0.25, -0.2) is 0 Å². The number of benzene rings is 2. The fraction of sp³-hybridized carbons (Fsp3) is 0.143. The first-order valence-electron chi connectivity index (χ1n) is 5.74. The van der Waals surface area contributed by atoms with Crippen LogP contribution < -0.4 is 5.73 Å². The SMILES string of the molecule is NCc1ccc(Sc2ccc(Cl)cc2)c(C(F)(F)F)c1. The summed E-state index contributed by atoms with van der Waals surface area (Å²) in [5.74, 6) is 0. The van der Waals surface area contributed by atoms with Gasteiger partial charge in [0.05, 0.1) is 5.56 Å². The molecule has 0 atom stereocenters. The van der Waals surface area contributed by atoms with Crippen molar-refractivity contribution in [3.05, 3.63) is 58.6 Å². The van der Waals surface area contributed by atoms with Gasteiger partial charge in [-0.05, 0) is 42.0 Å². The largest absolute Gasteiger partial charge is 0.417 e. The maximum Gasteiger partial charge on any atom is 0.417 e. The molecule has 0 bridgehead atoms. The van der Waals surface area contributed by atoms with Crippen LogP contribution in [0.2, 0.25) is 5.02 Å². The average Bonchev–Trinajstić information content (AvgIpc) is 2.40. The van der Waals surface area contributed by atoms with E-state index >= 15 is 0 Å². The molecule has 0 radical (unpaired) electrons. The summed E-state index contributed by atoms with van der Waals surface area (Å²) in [7, 11) is 0. The zero-order valence-electron chi connectivity index (χ0n) is 10.2. The molecular weight excluding hydrogens is 307 g/mol. The Labute approximate surface area is 123 Å². The van der Waals surface area contributed by atoms with Gasteiger partial charge in [0.25, 0.3) is 0 Å². The van der Waals surface area contributed by atoms with Crippen LogP contribution in [-0.2, 0) is 12.7 Å². The van der Waals surface area contributed by atoms with Gasteiger partial charge in [-0.3, -0.25) is 0 Å². The van der Waals surface area contributed by atoms with E-state index in [9.17, 15) is 13.2 Å². The Morgan fingerprint density at radius 3 is 2.25 bits per heavy atom. The van der Waals surface area contributed by atoms with Crippen LogP contribution in [0.4, 0.5) is 13.2 Å². The van der Waals surface area contributed by atoms with E-state index in [1.807, 2.05) is 0 Å². The van der Waals surface area contributed by atoms with E-state index in [2.05, 4.69) is 0 Å². The van der Waals surface area contributed by atoms with E-state index in [1.165, 1.54) is 6.07 Å². The molecule has 0 spiro atoms. The molecule has 106 valence electrons. The third kappa shape index (κ3) is 3.69. The normalized spacial score (nSPS) is 11.7. The third-order valence-corrected chi connectivity index (χ3v) is 3.96. The van der Waals surface area contributed by atoms with Crippen LogP contribution >= 0.6 is 23.4 Å². The van der Waals surface area contributed by atoms with Crippen molar-refractivity contribution in [1.82, 2.24) is 0 Å². The minimum atomic E-state index is -4.40. The van der Waals surface area contributed by atoms with E-state index in [4.69, 9.17) is 17.3 Å². The summed E-state index contributed by atoms with van der Waals surface area (Å²) in [5.41, 5.74) is 5.18. The Hall–Kier alpha value is -1.17. The maximum atomic E-state index is 13.1. The van der Waals surface area contributed by atoms with Gasteiger partial charge in [-0.1, -0.05) is 29.4 Å². The summed E-state index contributed by atoms with van der Waals surface area (Å²) in [6.45, 7) is 0.0783. The highest BCUT2D eigenvalue weighted by Crippen LogP contribution is 2.40. The molecule has 20 heavy (non-hydrogen) atoms. The van der Waals surface area contributed by atoms with Crippen molar-refractivity contribution in [3.63, 3.8) is 0 Å². The first-order chi connectivity index (χ1) is 9.40. The van der Waals surface area contributed by atoms with Gasteiger partial charge >= 0.3 is 6.18 Å². The molecule has 0 aliphatic heterocycles. The van der Waals surface area contributed by atoms with Crippen LogP contribution in [0.25, 0.3) is 0 Å². The molecule has 0 aliphatic carbocycles. The number of alkyl halides is 3. The fourth-order valence-corrected chi connectivity index (χ4v) is 2.72. The van der Waals surface area contributed by atoms with Gasteiger partial charge in [0.1, 0.15) is 0 Å². The number of hydrogen-bond acceptors (Lipinski definition) is 2. The van der Waals surface area contributed by atoms with Gasteiger partial charge in [-0.2, -0.15) is 13.2 Å². The Kier molecular flexibility index (Phi) is 4.62. The first-order valence-corrected chi connectivity index (χ1v) is 6.93. The quantitative estimate of drug-likeness (QED) is 0.865. The molecule has 1 nitrogen and oxygen atoms in total. The van der Waals surface area contributed by atoms with Crippen LogP contribution in [0.15, 0.2) is 52.3 Å². The van der Waals surface area contributed by atoms with E-state index in [1.54, 1.807) is 30.3 Å². The zero-order chi connectivity index (χ0) is 14.8. The van der Waals surface area contributed by atoms with Crippen molar-refractivity contribution in [1.29, 1.82) is 0 Å². The summed E-state index contributed by atoms with van der Waals surface area (Å²) in [6, 6.07) is 10.8. The standard InChI is InChI=1S/C14H11ClF3NS/c15-10-2-4-11(5-3-10)20-13-6-1-9(8-19)7-12(13)14(16,17)18/h1-7H,8,19H2. The number of halogens is 4. The zero-order valence-corrected chi connectivity index (χ0v) is 11.8. The Bertz CT molecular complexity index is 596. The molecule has 0 aliphatic rings. The van der Waals surface area contributed by atoms with E-state index in [0.29, 0.717) is 15.5 Å². The van der Waals surface area contributed by atoms with Crippen molar-refractivity contribution < 1.29 is 13.2 Å². The second-order valence-corrected chi connectivity index (χ2v) is 5.64. The lowest BCUT2D eigenvalue weighted by Crippen LogP contribution is -2.08. The minimum Gasteiger partial charge on any atom is -0.326 e. The van der Waals surface area contributed by atoms with Crippen molar-refractivity contribution in [2.24, 2.45) is 5.73 Å². The lowest BCUT2D eigenvalue weighted by molar-refractivity contribution is -0.139. The molecule has 0 saturated carbocycles. The topological polar surface area (TPSA) is 26.0 Å². The molecule has 2 aromatic carbocycles. The van der Waals surface area contributed by atoms with Gasteiger partial charge in [0.2, 0.25) is 0 Å². The highest BCUT2D eigenvalue weighted by atomic mass is 35.5. The molecule has 0 amide bonds. The van der Waals surface area contributed by atoms with Crippen molar-refractivity contribution in [2.45, 2.75) is 22.5 Å². The van der Waals surface area contributed by atoms with Crippen LogP contribution in [0, 0.1) is 0 Å². The summed E-state index contributed by atoms with van der Waals surface area (Å²) >= 11 is 6.80. The van der Waals surface area contributed by atoms with E-state index < -0.39 is 11.7 Å². The Morgan fingerprint density at radius 2 is 1.70 bits per heavy atom. The van der Waals surface area contributed by atoms with E-state index in [-0.39, 0.29) is 11.4 Å².